The van der Waals surface area contributed by atoms with Gasteiger partial charge in [0.2, 0.25) is 0 Å². The molecule has 0 aliphatic heterocycles. The third-order valence-corrected chi connectivity index (χ3v) is 2.29. The quantitative estimate of drug-likeness (QED) is 0.310. The first-order chi connectivity index (χ1) is 9.35. The first-order valence-electron chi connectivity index (χ1n) is 6.55. The van der Waals surface area contributed by atoms with Crippen LogP contribution in [0, 0.1) is 12.3 Å². The summed E-state index contributed by atoms with van der Waals surface area (Å²) in [6.07, 6.45) is 5.23. The summed E-state index contributed by atoms with van der Waals surface area (Å²) < 4.78 is 15.9. The predicted octanol–water partition coefficient (Wildman–Crippen LogP) is -1.08. The van der Waals surface area contributed by atoms with Crippen LogP contribution in [0.4, 0.5) is 0 Å². The van der Waals surface area contributed by atoms with Crippen molar-refractivity contribution >= 4 is 0 Å². The molecule has 0 amide bonds. The summed E-state index contributed by atoms with van der Waals surface area (Å²) in [5.41, 5.74) is 5.27. The van der Waals surface area contributed by atoms with Crippen LogP contribution in [0.2, 0.25) is 0 Å². The van der Waals surface area contributed by atoms with E-state index in [0.717, 1.165) is 0 Å². The summed E-state index contributed by atoms with van der Waals surface area (Å²) in [7, 11) is 0. The van der Waals surface area contributed by atoms with Crippen LogP contribution in [-0.4, -0.2) is 82.4 Å². The van der Waals surface area contributed by atoms with Gasteiger partial charge in [-0.1, -0.05) is 5.92 Å². The van der Waals surface area contributed by atoms with E-state index in [9.17, 15) is 0 Å². The standard InChI is InChI=1S/C13H26N2O4/c1-2-4-15(5-7-16)6-9-18-11-13-19-12-10-17-8-3-14/h1,16H,3-14H2. The topological polar surface area (TPSA) is 77.2 Å². The lowest BCUT2D eigenvalue weighted by Gasteiger charge is -2.18. The maximum Gasteiger partial charge on any atom is 0.0701 e. The van der Waals surface area contributed by atoms with Crippen LogP contribution in [0.15, 0.2) is 0 Å². The van der Waals surface area contributed by atoms with Crippen LogP contribution >= 0.6 is 0 Å². The molecule has 0 bridgehead atoms. The Morgan fingerprint density at radius 1 is 0.947 bits per heavy atom. The monoisotopic (exact) mass is 274 g/mol. The smallest absolute Gasteiger partial charge is 0.0701 e. The maximum absolute atomic E-state index is 8.83. The Morgan fingerprint density at radius 2 is 1.53 bits per heavy atom. The first-order valence-corrected chi connectivity index (χ1v) is 6.55. The van der Waals surface area contributed by atoms with Gasteiger partial charge < -0.3 is 25.1 Å². The van der Waals surface area contributed by atoms with Crippen molar-refractivity contribution in [3.05, 3.63) is 0 Å². The number of nitrogens with two attached hydrogens (primary N) is 1. The molecule has 0 rings (SSSR count). The summed E-state index contributed by atoms with van der Waals surface area (Å²) in [5.74, 6) is 2.55. The van der Waals surface area contributed by atoms with Gasteiger partial charge in [-0.05, 0) is 0 Å². The fourth-order valence-corrected chi connectivity index (χ4v) is 1.36. The Bertz CT molecular complexity index is 221. The molecule has 6 nitrogen and oxygen atoms in total. The average molecular weight is 274 g/mol. The van der Waals surface area contributed by atoms with Gasteiger partial charge in [0.25, 0.3) is 0 Å². The molecule has 3 N–H and O–H groups in total. The number of aliphatic hydroxyl groups is 1. The fourth-order valence-electron chi connectivity index (χ4n) is 1.36. The van der Waals surface area contributed by atoms with Crippen molar-refractivity contribution < 1.29 is 19.3 Å². The Kier molecular flexibility index (Phi) is 14.8. The minimum Gasteiger partial charge on any atom is -0.395 e. The first kappa shape index (κ1) is 18.3. The molecule has 0 spiro atoms. The molecule has 0 aliphatic carbocycles. The van der Waals surface area contributed by atoms with E-state index in [1.165, 1.54) is 0 Å². The molecule has 6 heteroatoms. The molecule has 0 fully saturated rings. The van der Waals surface area contributed by atoms with Crippen LogP contribution < -0.4 is 5.73 Å². The summed E-state index contributed by atoms with van der Waals surface area (Å²) in [5, 5.41) is 8.83. The van der Waals surface area contributed by atoms with Crippen LogP contribution in [0.25, 0.3) is 0 Å². The number of ether oxygens (including phenoxy) is 3. The molecule has 0 aromatic carbocycles. The average Bonchev–Trinajstić information content (AvgIpc) is 2.41. The van der Waals surface area contributed by atoms with Crippen LogP contribution in [-0.2, 0) is 14.2 Å². The minimum absolute atomic E-state index is 0.105. The second-order valence-electron chi connectivity index (χ2n) is 3.83. The zero-order valence-electron chi connectivity index (χ0n) is 11.6. The van der Waals surface area contributed by atoms with E-state index in [-0.39, 0.29) is 6.61 Å². The van der Waals surface area contributed by atoms with E-state index >= 15 is 0 Å². The van der Waals surface area contributed by atoms with Crippen molar-refractivity contribution in [2.75, 3.05) is 72.4 Å². The summed E-state index contributed by atoms with van der Waals surface area (Å²) >= 11 is 0. The van der Waals surface area contributed by atoms with Crippen LogP contribution in [0.3, 0.4) is 0 Å². The van der Waals surface area contributed by atoms with E-state index in [1.54, 1.807) is 0 Å². The van der Waals surface area contributed by atoms with Crippen LogP contribution in [0.1, 0.15) is 0 Å². The van der Waals surface area contributed by atoms with Gasteiger partial charge in [-0.2, -0.15) is 0 Å². The summed E-state index contributed by atoms with van der Waals surface area (Å²) in [6, 6.07) is 0. The summed E-state index contributed by atoms with van der Waals surface area (Å²) in [6.45, 7) is 5.79. The zero-order chi connectivity index (χ0) is 14.2. The minimum atomic E-state index is 0.105. The number of hydrogen-bond donors (Lipinski definition) is 2. The van der Waals surface area contributed by atoms with Gasteiger partial charge >= 0.3 is 0 Å². The van der Waals surface area contributed by atoms with Crippen molar-refractivity contribution in [1.29, 1.82) is 0 Å². The summed E-state index contributed by atoms with van der Waals surface area (Å²) in [4.78, 5) is 1.96. The molecule has 0 heterocycles. The van der Waals surface area contributed by atoms with Gasteiger partial charge in [-0.25, -0.2) is 0 Å². The Balaban J connectivity index is 3.22. The molecular weight excluding hydrogens is 248 g/mol. The maximum atomic E-state index is 8.83. The van der Waals surface area contributed by atoms with E-state index in [4.69, 9.17) is 31.5 Å². The van der Waals surface area contributed by atoms with E-state index in [1.807, 2.05) is 4.90 Å². The van der Waals surface area contributed by atoms with Gasteiger partial charge in [0.05, 0.1) is 52.8 Å². The van der Waals surface area contributed by atoms with Crippen LogP contribution in [0.5, 0.6) is 0 Å². The second-order valence-corrected chi connectivity index (χ2v) is 3.83. The number of rotatable bonds is 14. The van der Waals surface area contributed by atoms with Gasteiger partial charge in [0.1, 0.15) is 0 Å². The highest BCUT2D eigenvalue weighted by atomic mass is 16.5. The Hall–Kier alpha value is -0.680. The SMILES string of the molecule is C#CCN(CCO)CCOCCOCCOCCN. The highest BCUT2D eigenvalue weighted by Gasteiger charge is 2.01. The Morgan fingerprint density at radius 3 is 2.05 bits per heavy atom. The van der Waals surface area contributed by atoms with Gasteiger partial charge in [-0.15, -0.1) is 6.42 Å². The van der Waals surface area contributed by atoms with Crippen molar-refractivity contribution in [2.24, 2.45) is 5.73 Å². The normalized spacial score (nSPS) is 10.8. The lowest BCUT2D eigenvalue weighted by Crippen LogP contribution is -2.31. The van der Waals surface area contributed by atoms with Crippen molar-refractivity contribution in [1.82, 2.24) is 4.90 Å². The lowest BCUT2D eigenvalue weighted by molar-refractivity contribution is 0.0118. The van der Waals surface area contributed by atoms with Crippen molar-refractivity contribution in [3.8, 4) is 12.3 Å². The van der Waals surface area contributed by atoms with Gasteiger partial charge in [0.15, 0.2) is 0 Å². The van der Waals surface area contributed by atoms with Gasteiger partial charge in [-0.3, -0.25) is 4.90 Å². The molecule has 0 aromatic rings. The highest BCUT2D eigenvalue weighted by Crippen LogP contribution is 1.88. The molecule has 0 saturated carbocycles. The third-order valence-electron chi connectivity index (χ3n) is 2.29. The number of aliphatic hydroxyl groups excluding tert-OH is 1. The van der Waals surface area contributed by atoms with E-state index in [0.29, 0.717) is 65.8 Å². The fraction of sp³-hybridized carbons (Fsp3) is 0.846. The molecule has 0 atom stereocenters. The van der Waals surface area contributed by atoms with E-state index < -0.39 is 0 Å². The molecule has 0 aliphatic rings. The lowest BCUT2D eigenvalue weighted by atomic mass is 10.4. The van der Waals surface area contributed by atoms with Crippen molar-refractivity contribution in [3.63, 3.8) is 0 Å². The second kappa shape index (κ2) is 15.4. The molecule has 0 unspecified atom stereocenters. The number of nitrogens with zero attached hydrogens (tertiary/aromatic N) is 1. The molecule has 112 valence electrons. The Labute approximate surface area is 115 Å². The molecule has 0 saturated heterocycles. The molecule has 0 radical (unpaired) electrons. The molecular formula is C13H26N2O4. The van der Waals surface area contributed by atoms with E-state index in [2.05, 4.69) is 5.92 Å². The molecule has 0 aromatic heterocycles. The third kappa shape index (κ3) is 13.6. The number of terminal acetylenes is 1. The molecule has 19 heavy (non-hydrogen) atoms. The highest BCUT2D eigenvalue weighted by molar-refractivity contribution is 4.87. The van der Waals surface area contributed by atoms with Crippen molar-refractivity contribution in [2.45, 2.75) is 0 Å². The number of hydrogen-bond acceptors (Lipinski definition) is 6. The van der Waals surface area contributed by atoms with Gasteiger partial charge in [0, 0.05) is 19.6 Å². The predicted molar refractivity (Wildman–Crippen MR) is 73.9 cm³/mol. The zero-order valence-corrected chi connectivity index (χ0v) is 11.6. The largest absolute Gasteiger partial charge is 0.395 e.